The van der Waals surface area contributed by atoms with Gasteiger partial charge in [-0.1, -0.05) is 44.0 Å². The molecule has 1 atom stereocenters. The lowest BCUT2D eigenvalue weighted by Gasteiger charge is -2.30. The highest BCUT2D eigenvalue weighted by Crippen LogP contribution is 2.62. The number of benzene rings is 1. The zero-order chi connectivity index (χ0) is 15.9. The van der Waals surface area contributed by atoms with E-state index in [4.69, 9.17) is 27.7 Å². The fourth-order valence-electron chi connectivity index (χ4n) is 1.88. The zero-order valence-electron chi connectivity index (χ0n) is 12.6. The van der Waals surface area contributed by atoms with Crippen LogP contribution in [0.4, 0.5) is 0 Å². The minimum atomic E-state index is -3.00. The second kappa shape index (κ2) is 9.32. The van der Waals surface area contributed by atoms with E-state index in [1.807, 2.05) is 11.6 Å². The van der Waals surface area contributed by atoms with Crippen molar-refractivity contribution in [2.75, 3.05) is 18.8 Å². The lowest BCUT2D eigenvalue weighted by Crippen LogP contribution is -2.23. The summed E-state index contributed by atoms with van der Waals surface area (Å²) in [6.07, 6.45) is 1.85. The Kier molecular flexibility index (Phi) is 8.51. The van der Waals surface area contributed by atoms with Gasteiger partial charge in [-0.25, -0.2) is 9.24 Å². The molecule has 0 spiro atoms. The summed E-state index contributed by atoms with van der Waals surface area (Å²) in [6, 6.07) is 4.96. The van der Waals surface area contributed by atoms with E-state index in [0.29, 0.717) is 21.5 Å². The van der Waals surface area contributed by atoms with Crippen LogP contribution in [0.1, 0.15) is 33.6 Å². The molecule has 0 aliphatic heterocycles. The van der Waals surface area contributed by atoms with Crippen LogP contribution in [-0.2, 0) is 4.57 Å². The molecule has 0 aliphatic rings. The predicted molar refractivity (Wildman–Crippen MR) is 95.0 cm³/mol. The Morgan fingerprint density at radius 3 is 2.29 bits per heavy atom. The van der Waals surface area contributed by atoms with Crippen molar-refractivity contribution in [1.29, 1.82) is 0 Å². The molecule has 0 amide bonds. The number of halogens is 2. The molecule has 1 aromatic rings. The molecule has 0 aliphatic carbocycles. The molecule has 7 heteroatoms. The molecule has 0 saturated carbocycles. The standard InChI is InChI=1S/C14H22Cl2NO2PS/c1-4-9-17(10-5-2)20(18,21-6-3)19-14-8-7-12(15)11-13(14)16/h7-8,11H,4-6,9-10H2,1-3H3. The van der Waals surface area contributed by atoms with E-state index < -0.39 is 6.72 Å². The number of hydrogen-bond donors (Lipinski definition) is 0. The third-order valence-corrected chi connectivity index (χ3v) is 8.01. The predicted octanol–water partition coefficient (Wildman–Crippen LogP) is 6.36. The van der Waals surface area contributed by atoms with Crippen LogP contribution in [0.3, 0.4) is 0 Å². The van der Waals surface area contributed by atoms with E-state index in [1.54, 1.807) is 18.2 Å². The van der Waals surface area contributed by atoms with Crippen LogP contribution in [0, 0.1) is 0 Å². The fraction of sp³-hybridized carbons (Fsp3) is 0.571. The van der Waals surface area contributed by atoms with Crippen LogP contribution in [-0.4, -0.2) is 23.5 Å². The van der Waals surface area contributed by atoms with E-state index in [0.717, 1.165) is 25.9 Å². The van der Waals surface area contributed by atoms with Gasteiger partial charge < -0.3 is 4.52 Å². The average Bonchev–Trinajstić information content (AvgIpc) is 2.42. The lowest BCUT2D eigenvalue weighted by molar-refractivity contribution is 0.365. The van der Waals surface area contributed by atoms with Gasteiger partial charge >= 0.3 is 6.72 Å². The zero-order valence-corrected chi connectivity index (χ0v) is 15.9. The largest absolute Gasteiger partial charge is 0.424 e. The van der Waals surface area contributed by atoms with E-state index in [1.165, 1.54) is 11.4 Å². The van der Waals surface area contributed by atoms with Crippen molar-refractivity contribution in [2.45, 2.75) is 33.6 Å². The monoisotopic (exact) mass is 369 g/mol. The van der Waals surface area contributed by atoms with Gasteiger partial charge in [-0.15, -0.1) is 0 Å². The van der Waals surface area contributed by atoms with Gasteiger partial charge in [-0.2, -0.15) is 0 Å². The molecule has 0 saturated heterocycles. The van der Waals surface area contributed by atoms with Crippen molar-refractivity contribution in [3.63, 3.8) is 0 Å². The molecule has 1 aromatic carbocycles. The molecular weight excluding hydrogens is 348 g/mol. The van der Waals surface area contributed by atoms with Gasteiger partial charge in [0.05, 0.1) is 5.02 Å². The summed E-state index contributed by atoms with van der Waals surface area (Å²) in [7, 11) is 0. The summed E-state index contributed by atoms with van der Waals surface area (Å²) in [4.78, 5) is 0. The Balaban J connectivity index is 3.05. The highest BCUT2D eigenvalue weighted by Gasteiger charge is 2.33. The first-order valence-corrected chi connectivity index (χ1v) is 11.0. The number of hydrogen-bond acceptors (Lipinski definition) is 3. The lowest BCUT2D eigenvalue weighted by atomic mass is 10.3. The van der Waals surface area contributed by atoms with E-state index >= 15 is 0 Å². The molecule has 120 valence electrons. The first-order valence-electron chi connectivity index (χ1n) is 7.11. The summed E-state index contributed by atoms with van der Waals surface area (Å²) in [5, 5.41) is 0.914. The Morgan fingerprint density at radius 2 is 1.81 bits per heavy atom. The molecule has 21 heavy (non-hydrogen) atoms. The van der Waals surface area contributed by atoms with E-state index in [2.05, 4.69) is 13.8 Å². The minimum absolute atomic E-state index is 0.382. The van der Waals surface area contributed by atoms with Crippen molar-refractivity contribution >= 4 is 41.3 Å². The van der Waals surface area contributed by atoms with Crippen LogP contribution in [0.2, 0.25) is 10.0 Å². The molecule has 3 nitrogen and oxygen atoms in total. The summed E-state index contributed by atoms with van der Waals surface area (Å²) in [6.45, 7) is 4.58. The number of rotatable bonds is 9. The SMILES string of the molecule is CCCN(CCC)P(=O)(Oc1ccc(Cl)cc1Cl)SCC. The van der Waals surface area contributed by atoms with Gasteiger partial charge in [0.2, 0.25) is 0 Å². The second-order valence-electron chi connectivity index (χ2n) is 4.51. The minimum Gasteiger partial charge on any atom is -0.424 e. The van der Waals surface area contributed by atoms with Gasteiger partial charge in [0.15, 0.2) is 0 Å². The average molecular weight is 370 g/mol. The molecule has 0 radical (unpaired) electrons. The smallest absolute Gasteiger partial charge is 0.376 e. The van der Waals surface area contributed by atoms with Gasteiger partial charge in [0, 0.05) is 23.9 Å². The van der Waals surface area contributed by atoms with E-state index in [-0.39, 0.29) is 0 Å². The van der Waals surface area contributed by atoms with Crippen LogP contribution >= 0.6 is 41.3 Å². The second-order valence-corrected chi connectivity index (χ2v) is 10.0. The molecule has 0 bridgehead atoms. The molecule has 0 fully saturated rings. The third kappa shape index (κ3) is 5.69. The third-order valence-electron chi connectivity index (χ3n) is 2.71. The first-order chi connectivity index (χ1) is 9.96. The maximum atomic E-state index is 13.3. The van der Waals surface area contributed by atoms with Crippen molar-refractivity contribution < 1.29 is 9.09 Å². The quantitative estimate of drug-likeness (QED) is 0.474. The van der Waals surface area contributed by atoms with Gasteiger partial charge in [-0.3, -0.25) is 0 Å². The molecule has 1 rings (SSSR count). The molecule has 0 aromatic heterocycles. The molecule has 0 heterocycles. The molecule has 0 N–H and O–H groups in total. The van der Waals surface area contributed by atoms with Gasteiger partial charge in [-0.05, 0) is 42.4 Å². The summed E-state index contributed by atoms with van der Waals surface area (Å²) < 4.78 is 21.1. The fourth-order valence-corrected chi connectivity index (χ4v) is 6.69. The van der Waals surface area contributed by atoms with Crippen LogP contribution < -0.4 is 4.52 Å². The Bertz CT molecular complexity index is 496. The normalized spacial score (nSPS) is 14.2. The van der Waals surface area contributed by atoms with Gasteiger partial charge in [0.25, 0.3) is 0 Å². The van der Waals surface area contributed by atoms with Crippen molar-refractivity contribution in [3.05, 3.63) is 28.2 Å². The Morgan fingerprint density at radius 1 is 1.19 bits per heavy atom. The van der Waals surface area contributed by atoms with Crippen molar-refractivity contribution in [2.24, 2.45) is 0 Å². The summed E-state index contributed by atoms with van der Waals surface area (Å²) in [5.74, 6) is 1.13. The van der Waals surface area contributed by atoms with E-state index in [9.17, 15) is 4.57 Å². The number of nitrogens with zero attached hydrogens (tertiary/aromatic N) is 1. The maximum absolute atomic E-state index is 13.3. The highest BCUT2D eigenvalue weighted by atomic mass is 35.5. The van der Waals surface area contributed by atoms with Crippen molar-refractivity contribution in [3.8, 4) is 5.75 Å². The summed E-state index contributed by atoms with van der Waals surface area (Å²) in [5.41, 5.74) is 0. The molecule has 1 unspecified atom stereocenters. The van der Waals surface area contributed by atoms with Gasteiger partial charge in [0.1, 0.15) is 5.75 Å². The maximum Gasteiger partial charge on any atom is 0.376 e. The summed E-state index contributed by atoms with van der Waals surface area (Å²) >= 11 is 13.4. The Hall–Kier alpha value is 0.140. The first kappa shape index (κ1) is 19.2. The van der Waals surface area contributed by atoms with Crippen LogP contribution in [0.5, 0.6) is 5.75 Å². The van der Waals surface area contributed by atoms with Crippen LogP contribution in [0.25, 0.3) is 0 Å². The topological polar surface area (TPSA) is 29.5 Å². The van der Waals surface area contributed by atoms with Crippen LogP contribution in [0.15, 0.2) is 18.2 Å². The Labute approximate surface area is 141 Å². The molecular formula is C14H22Cl2NO2PS. The highest BCUT2D eigenvalue weighted by molar-refractivity contribution is 8.55. The van der Waals surface area contributed by atoms with Crippen molar-refractivity contribution in [1.82, 2.24) is 4.67 Å².